The Morgan fingerprint density at radius 1 is 1.27 bits per heavy atom. The molecule has 0 saturated carbocycles. The van der Waals surface area contributed by atoms with Gasteiger partial charge in [-0.25, -0.2) is 4.79 Å². The number of rotatable bonds is 2. The van der Waals surface area contributed by atoms with E-state index in [4.69, 9.17) is 4.74 Å². The van der Waals surface area contributed by atoms with Crippen molar-refractivity contribution in [3.63, 3.8) is 0 Å². The predicted octanol–water partition coefficient (Wildman–Crippen LogP) is 3.39. The van der Waals surface area contributed by atoms with E-state index in [1.54, 1.807) is 4.90 Å². The Bertz CT molecular complexity index is 550. The highest BCUT2D eigenvalue weighted by Gasteiger charge is 2.37. The summed E-state index contributed by atoms with van der Waals surface area (Å²) in [5, 5.41) is 12.9. The number of carbonyl (C=O) groups is 1. The zero-order valence-corrected chi connectivity index (χ0v) is 13.4. The van der Waals surface area contributed by atoms with Crippen LogP contribution < -0.4 is 5.32 Å². The Morgan fingerprint density at radius 2 is 1.86 bits per heavy atom. The van der Waals surface area contributed by atoms with Crippen molar-refractivity contribution >= 4 is 11.8 Å². The summed E-state index contributed by atoms with van der Waals surface area (Å²) in [5.41, 5.74) is -0.196. The van der Waals surface area contributed by atoms with Gasteiger partial charge in [-0.2, -0.15) is 5.26 Å². The number of benzene rings is 1. The van der Waals surface area contributed by atoms with Gasteiger partial charge in [-0.15, -0.1) is 0 Å². The number of amides is 1. The number of piperidine rings is 1. The zero-order chi connectivity index (χ0) is 16.2. The molecule has 1 amide bonds. The molecule has 0 spiro atoms. The van der Waals surface area contributed by atoms with Gasteiger partial charge in [0.15, 0.2) is 0 Å². The lowest BCUT2D eigenvalue weighted by molar-refractivity contribution is 0.0195. The molecule has 0 aromatic heterocycles. The lowest BCUT2D eigenvalue weighted by Crippen LogP contribution is -2.50. The van der Waals surface area contributed by atoms with E-state index in [9.17, 15) is 10.1 Å². The summed E-state index contributed by atoms with van der Waals surface area (Å²) < 4.78 is 5.38. The van der Waals surface area contributed by atoms with Crippen LogP contribution in [0, 0.1) is 11.3 Å². The normalized spacial score (nSPS) is 17.5. The summed E-state index contributed by atoms with van der Waals surface area (Å²) in [6, 6.07) is 12.1. The molecule has 1 fully saturated rings. The second-order valence-electron chi connectivity index (χ2n) is 6.65. The van der Waals surface area contributed by atoms with Gasteiger partial charge in [0.25, 0.3) is 0 Å². The maximum Gasteiger partial charge on any atom is 0.410 e. The maximum absolute atomic E-state index is 12.1. The van der Waals surface area contributed by atoms with Crippen molar-refractivity contribution in [2.45, 2.75) is 44.8 Å². The van der Waals surface area contributed by atoms with E-state index in [1.165, 1.54) is 0 Å². The number of nitrogens with zero attached hydrogens (tertiary/aromatic N) is 2. The fraction of sp³-hybridized carbons (Fsp3) is 0.529. The number of likely N-dealkylation sites (tertiary alicyclic amines) is 1. The molecule has 1 aliphatic rings. The first-order chi connectivity index (χ1) is 10.3. The van der Waals surface area contributed by atoms with Crippen LogP contribution in [0.25, 0.3) is 0 Å². The molecule has 118 valence electrons. The third-order valence-electron chi connectivity index (χ3n) is 3.64. The van der Waals surface area contributed by atoms with Gasteiger partial charge in [-0.05, 0) is 32.9 Å². The van der Waals surface area contributed by atoms with Crippen LogP contribution in [0.5, 0.6) is 0 Å². The summed E-state index contributed by atoms with van der Waals surface area (Å²) in [4.78, 5) is 13.7. The van der Waals surface area contributed by atoms with Gasteiger partial charge in [0, 0.05) is 31.6 Å². The molecule has 0 unspecified atom stereocenters. The smallest absolute Gasteiger partial charge is 0.410 e. The third kappa shape index (κ3) is 4.14. The van der Waals surface area contributed by atoms with Crippen LogP contribution in [0.15, 0.2) is 30.3 Å². The van der Waals surface area contributed by atoms with E-state index in [0.29, 0.717) is 25.9 Å². The molecule has 5 nitrogen and oxygen atoms in total. The van der Waals surface area contributed by atoms with Crippen molar-refractivity contribution in [1.29, 1.82) is 5.26 Å². The van der Waals surface area contributed by atoms with E-state index in [-0.39, 0.29) is 6.09 Å². The second kappa shape index (κ2) is 6.27. The molecule has 2 rings (SSSR count). The third-order valence-corrected chi connectivity index (χ3v) is 3.64. The number of anilines is 1. The minimum atomic E-state index is -0.625. The summed E-state index contributed by atoms with van der Waals surface area (Å²) >= 11 is 0. The fourth-order valence-electron chi connectivity index (χ4n) is 2.46. The predicted molar refractivity (Wildman–Crippen MR) is 85.4 cm³/mol. The van der Waals surface area contributed by atoms with Crippen molar-refractivity contribution in [2.75, 3.05) is 18.4 Å². The largest absolute Gasteiger partial charge is 0.444 e. The molecule has 0 radical (unpaired) electrons. The van der Waals surface area contributed by atoms with Crippen LogP contribution in [-0.2, 0) is 4.74 Å². The minimum absolute atomic E-state index is 0.307. The van der Waals surface area contributed by atoms with E-state index >= 15 is 0 Å². The maximum atomic E-state index is 12.1. The van der Waals surface area contributed by atoms with Gasteiger partial charge in [-0.1, -0.05) is 18.2 Å². The van der Waals surface area contributed by atoms with Crippen molar-refractivity contribution in [2.24, 2.45) is 0 Å². The number of nitrogens with one attached hydrogen (secondary N) is 1. The van der Waals surface area contributed by atoms with E-state index in [2.05, 4.69) is 11.4 Å². The molecule has 22 heavy (non-hydrogen) atoms. The lowest BCUT2D eigenvalue weighted by Gasteiger charge is -2.38. The van der Waals surface area contributed by atoms with Crippen LogP contribution in [0.2, 0.25) is 0 Å². The molecule has 0 aliphatic carbocycles. The van der Waals surface area contributed by atoms with Crippen molar-refractivity contribution in [3.05, 3.63) is 30.3 Å². The van der Waals surface area contributed by atoms with Crippen LogP contribution in [0.4, 0.5) is 10.5 Å². The van der Waals surface area contributed by atoms with Gasteiger partial charge >= 0.3 is 6.09 Å². The summed E-state index contributed by atoms with van der Waals surface area (Å²) in [5.74, 6) is 0. The molecule has 1 aliphatic heterocycles. The zero-order valence-electron chi connectivity index (χ0n) is 13.4. The number of hydrogen-bond acceptors (Lipinski definition) is 4. The summed E-state index contributed by atoms with van der Waals surface area (Å²) in [6.45, 7) is 6.59. The average molecular weight is 301 g/mol. The Balaban J connectivity index is 1.97. The number of para-hydroxylation sites is 1. The van der Waals surface area contributed by atoms with E-state index < -0.39 is 11.1 Å². The first-order valence-corrected chi connectivity index (χ1v) is 7.56. The number of hydrogen-bond donors (Lipinski definition) is 1. The highest BCUT2D eigenvalue weighted by molar-refractivity contribution is 5.68. The Hall–Kier alpha value is -2.22. The number of carbonyl (C=O) groups excluding carboxylic acids is 1. The Kier molecular flexibility index (Phi) is 4.60. The lowest BCUT2D eigenvalue weighted by atomic mass is 9.88. The standard InChI is InChI=1S/C17H23N3O2/c1-16(2,3)22-15(21)20-11-9-17(13-18,10-12-20)19-14-7-5-4-6-8-14/h4-8,19H,9-12H2,1-3H3. The molecule has 1 aromatic carbocycles. The molecule has 1 heterocycles. The summed E-state index contributed by atoms with van der Waals surface area (Å²) in [6.07, 6.45) is 0.855. The first-order valence-electron chi connectivity index (χ1n) is 7.56. The Labute approximate surface area is 131 Å². The van der Waals surface area contributed by atoms with Crippen LogP contribution in [0.3, 0.4) is 0 Å². The SMILES string of the molecule is CC(C)(C)OC(=O)N1CCC(C#N)(Nc2ccccc2)CC1. The quantitative estimate of drug-likeness (QED) is 0.909. The number of nitriles is 1. The minimum Gasteiger partial charge on any atom is -0.444 e. The molecule has 0 atom stereocenters. The van der Waals surface area contributed by atoms with Crippen molar-refractivity contribution in [3.8, 4) is 6.07 Å². The van der Waals surface area contributed by atoms with Crippen molar-refractivity contribution in [1.82, 2.24) is 4.90 Å². The van der Waals surface area contributed by atoms with E-state index in [1.807, 2.05) is 51.1 Å². The van der Waals surface area contributed by atoms with Crippen LogP contribution in [0.1, 0.15) is 33.6 Å². The topological polar surface area (TPSA) is 65.4 Å². The van der Waals surface area contributed by atoms with Gasteiger partial charge in [-0.3, -0.25) is 0 Å². The van der Waals surface area contributed by atoms with Gasteiger partial charge in [0.2, 0.25) is 0 Å². The molecule has 1 N–H and O–H groups in total. The van der Waals surface area contributed by atoms with Gasteiger partial charge in [0.05, 0.1) is 6.07 Å². The van der Waals surface area contributed by atoms with Crippen LogP contribution >= 0.6 is 0 Å². The molecule has 1 aromatic rings. The molecule has 1 saturated heterocycles. The molecule has 0 bridgehead atoms. The highest BCUT2D eigenvalue weighted by atomic mass is 16.6. The molecular weight excluding hydrogens is 278 g/mol. The van der Waals surface area contributed by atoms with Crippen molar-refractivity contribution < 1.29 is 9.53 Å². The number of ether oxygens (including phenoxy) is 1. The molecular formula is C17H23N3O2. The first kappa shape index (κ1) is 16.2. The monoisotopic (exact) mass is 301 g/mol. The highest BCUT2D eigenvalue weighted by Crippen LogP contribution is 2.27. The molecule has 5 heteroatoms. The van der Waals surface area contributed by atoms with E-state index in [0.717, 1.165) is 5.69 Å². The van der Waals surface area contributed by atoms with Gasteiger partial charge < -0.3 is 15.0 Å². The average Bonchev–Trinajstić information content (AvgIpc) is 2.47. The fourth-order valence-corrected chi connectivity index (χ4v) is 2.46. The summed E-state index contributed by atoms with van der Waals surface area (Å²) in [7, 11) is 0. The second-order valence-corrected chi connectivity index (χ2v) is 6.65. The van der Waals surface area contributed by atoms with Gasteiger partial charge in [0.1, 0.15) is 11.1 Å². The van der Waals surface area contributed by atoms with Crippen LogP contribution in [-0.4, -0.2) is 35.2 Å². The Morgan fingerprint density at radius 3 is 2.36 bits per heavy atom.